The van der Waals surface area contributed by atoms with E-state index in [1.54, 1.807) is 22.6 Å². The normalized spacial score (nSPS) is 10.1. The maximum atomic E-state index is 12.7. The van der Waals surface area contributed by atoms with Crippen LogP contribution < -0.4 is 4.74 Å². The quantitative estimate of drug-likeness (QED) is 0.634. The van der Waals surface area contributed by atoms with Gasteiger partial charge in [0.05, 0.1) is 25.2 Å². The highest BCUT2D eigenvalue weighted by Crippen LogP contribution is 2.29. The van der Waals surface area contributed by atoms with Gasteiger partial charge >= 0.3 is 0 Å². The van der Waals surface area contributed by atoms with Crippen LogP contribution in [0.25, 0.3) is 0 Å². The molecule has 6 heteroatoms. The molecule has 1 rings (SSSR count). The van der Waals surface area contributed by atoms with Crippen molar-refractivity contribution in [3.8, 4) is 11.9 Å². The third-order valence-corrected chi connectivity index (χ3v) is 2.59. The number of nitrogens with zero attached hydrogens (tertiary/aromatic N) is 2. The minimum Gasteiger partial charge on any atom is -0.481 e. The molecule has 0 aromatic carbocycles. The Balaban J connectivity index is 3.30. The molecule has 80 valence electrons. The number of ether oxygens (including phenoxy) is 1. The first kappa shape index (κ1) is 12.1. The van der Waals surface area contributed by atoms with Gasteiger partial charge in [-0.25, -0.2) is 13.8 Å². The molecule has 0 spiro atoms. The Labute approximate surface area is 99.2 Å². The van der Waals surface area contributed by atoms with Crippen molar-refractivity contribution in [2.45, 2.75) is 12.8 Å². The molecule has 0 aliphatic carbocycles. The number of halogens is 3. The number of aromatic nitrogens is 1. The predicted molar refractivity (Wildman–Crippen MR) is 57.8 cm³/mol. The van der Waals surface area contributed by atoms with Crippen molar-refractivity contribution in [1.29, 1.82) is 5.26 Å². The molecule has 0 fully saturated rings. The SMILES string of the molecule is COc1cc(CC#N)c(C(F)F)c(I)n1. The van der Waals surface area contributed by atoms with E-state index < -0.39 is 6.43 Å². The summed E-state index contributed by atoms with van der Waals surface area (Å²) in [4.78, 5) is 3.83. The van der Waals surface area contributed by atoms with Gasteiger partial charge < -0.3 is 4.74 Å². The Bertz CT molecular complexity index is 404. The monoisotopic (exact) mass is 324 g/mol. The van der Waals surface area contributed by atoms with Gasteiger partial charge in [-0.2, -0.15) is 5.26 Å². The molecule has 1 aromatic rings. The van der Waals surface area contributed by atoms with Crippen molar-refractivity contribution in [1.82, 2.24) is 4.98 Å². The lowest BCUT2D eigenvalue weighted by molar-refractivity contribution is 0.148. The second-order valence-electron chi connectivity index (χ2n) is 2.66. The summed E-state index contributed by atoms with van der Waals surface area (Å²) >= 11 is 1.71. The molecule has 0 atom stereocenters. The van der Waals surface area contributed by atoms with Gasteiger partial charge in [0.25, 0.3) is 6.43 Å². The van der Waals surface area contributed by atoms with E-state index in [-0.39, 0.29) is 27.1 Å². The van der Waals surface area contributed by atoms with Crippen molar-refractivity contribution >= 4 is 22.6 Å². The summed E-state index contributed by atoms with van der Waals surface area (Å²) < 4.78 is 30.3. The van der Waals surface area contributed by atoms with Gasteiger partial charge in [-0.3, -0.25) is 0 Å². The summed E-state index contributed by atoms with van der Waals surface area (Å²) in [7, 11) is 1.40. The van der Waals surface area contributed by atoms with Crippen LogP contribution in [0.5, 0.6) is 5.88 Å². The van der Waals surface area contributed by atoms with E-state index in [4.69, 9.17) is 10.00 Å². The number of methoxy groups -OCH3 is 1. The molecular formula is C9H7F2IN2O. The van der Waals surface area contributed by atoms with E-state index in [1.165, 1.54) is 13.2 Å². The fraction of sp³-hybridized carbons (Fsp3) is 0.333. The number of hydrogen-bond donors (Lipinski definition) is 0. The van der Waals surface area contributed by atoms with Crippen molar-refractivity contribution in [2.75, 3.05) is 7.11 Å². The smallest absolute Gasteiger partial charge is 0.266 e. The number of rotatable bonds is 3. The van der Waals surface area contributed by atoms with Crippen LogP contribution in [0.3, 0.4) is 0 Å². The second kappa shape index (κ2) is 5.21. The van der Waals surface area contributed by atoms with Crippen LogP contribution in [0.1, 0.15) is 17.6 Å². The van der Waals surface area contributed by atoms with Gasteiger partial charge in [0.2, 0.25) is 5.88 Å². The lowest BCUT2D eigenvalue weighted by atomic mass is 10.1. The molecule has 0 amide bonds. The molecular weight excluding hydrogens is 317 g/mol. The fourth-order valence-corrected chi connectivity index (χ4v) is 1.93. The van der Waals surface area contributed by atoms with E-state index in [0.717, 1.165) is 0 Å². The Morgan fingerprint density at radius 1 is 1.67 bits per heavy atom. The maximum Gasteiger partial charge on any atom is 0.266 e. The van der Waals surface area contributed by atoms with E-state index in [2.05, 4.69) is 4.98 Å². The van der Waals surface area contributed by atoms with Gasteiger partial charge in [-0.15, -0.1) is 0 Å². The Morgan fingerprint density at radius 3 is 2.80 bits per heavy atom. The third-order valence-electron chi connectivity index (χ3n) is 1.77. The summed E-state index contributed by atoms with van der Waals surface area (Å²) in [6.45, 7) is 0. The zero-order chi connectivity index (χ0) is 11.4. The molecule has 0 aliphatic rings. The summed E-state index contributed by atoms with van der Waals surface area (Å²) in [5.41, 5.74) is 0.0849. The van der Waals surface area contributed by atoms with Gasteiger partial charge in [0, 0.05) is 6.07 Å². The number of pyridine rings is 1. The zero-order valence-corrected chi connectivity index (χ0v) is 9.96. The maximum absolute atomic E-state index is 12.7. The van der Waals surface area contributed by atoms with Crippen molar-refractivity contribution < 1.29 is 13.5 Å². The van der Waals surface area contributed by atoms with Crippen molar-refractivity contribution in [3.05, 3.63) is 20.9 Å². The van der Waals surface area contributed by atoms with Gasteiger partial charge in [-0.1, -0.05) is 0 Å². The number of nitriles is 1. The highest BCUT2D eigenvalue weighted by atomic mass is 127. The van der Waals surface area contributed by atoms with Crippen LogP contribution in [0.15, 0.2) is 6.07 Å². The fourth-order valence-electron chi connectivity index (χ4n) is 1.11. The van der Waals surface area contributed by atoms with Crippen molar-refractivity contribution in [3.63, 3.8) is 0 Å². The van der Waals surface area contributed by atoms with E-state index >= 15 is 0 Å². The van der Waals surface area contributed by atoms with Gasteiger partial charge in [0.1, 0.15) is 3.70 Å². The Hall–Kier alpha value is -0.970. The predicted octanol–water partition coefficient (Wildman–Crippen LogP) is 2.70. The van der Waals surface area contributed by atoms with E-state index in [0.29, 0.717) is 0 Å². The van der Waals surface area contributed by atoms with Crippen LogP contribution in [-0.2, 0) is 6.42 Å². The first-order valence-corrected chi connectivity index (χ1v) is 5.06. The lowest BCUT2D eigenvalue weighted by Gasteiger charge is -2.09. The standard InChI is InChI=1S/C9H7F2IN2O/c1-15-6-4-5(2-3-13)7(8(10)11)9(12)14-6/h4,8H,2H2,1H3. The minimum absolute atomic E-state index is 0.0748. The summed E-state index contributed by atoms with van der Waals surface area (Å²) in [5, 5.41) is 8.52. The van der Waals surface area contributed by atoms with Crippen LogP contribution in [0.2, 0.25) is 0 Å². The molecule has 0 aliphatic heterocycles. The first-order valence-electron chi connectivity index (χ1n) is 3.98. The first-order chi connectivity index (χ1) is 7.10. The Morgan fingerprint density at radius 2 is 2.33 bits per heavy atom. The molecule has 0 radical (unpaired) electrons. The minimum atomic E-state index is -2.63. The molecule has 0 unspecified atom stereocenters. The van der Waals surface area contributed by atoms with Crippen LogP contribution in [0, 0.1) is 15.0 Å². The second-order valence-corrected chi connectivity index (χ2v) is 3.69. The average molecular weight is 324 g/mol. The topological polar surface area (TPSA) is 45.9 Å². The van der Waals surface area contributed by atoms with Crippen LogP contribution in [-0.4, -0.2) is 12.1 Å². The van der Waals surface area contributed by atoms with E-state index in [9.17, 15) is 8.78 Å². The number of hydrogen-bond acceptors (Lipinski definition) is 3. The third kappa shape index (κ3) is 2.75. The van der Waals surface area contributed by atoms with Gasteiger partial charge in [0.15, 0.2) is 0 Å². The highest BCUT2D eigenvalue weighted by Gasteiger charge is 2.19. The van der Waals surface area contributed by atoms with E-state index in [1.807, 2.05) is 6.07 Å². The summed E-state index contributed by atoms with van der Waals surface area (Å²) in [6.07, 6.45) is -2.70. The largest absolute Gasteiger partial charge is 0.481 e. The molecule has 1 heterocycles. The Kier molecular flexibility index (Phi) is 4.20. The summed E-state index contributed by atoms with van der Waals surface area (Å²) in [6, 6.07) is 3.21. The van der Waals surface area contributed by atoms with Crippen molar-refractivity contribution in [2.24, 2.45) is 0 Å². The zero-order valence-electron chi connectivity index (χ0n) is 7.80. The molecule has 0 N–H and O–H groups in total. The lowest BCUT2D eigenvalue weighted by Crippen LogP contribution is -2.02. The summed E-state index contributed by atoms with van der Waals surface area (Å²) in [5.74, 6) is 0.244. The molecule has 0 saturated heterocycles. The molecule has 0 saturated carbocycles. The van der Waals surface area contributed by atoms with Crippen LogP contribution in [0.4, 0.5) is 8.78 Å². The molecule has 15 heavy (non-hydrogen) atoms. The molecule has 1 aromatic heterocycles. The van der Waals surface area contributed by atoms with Crippen LogP contribution >= 0.6 is 22.6 Å². The highest BCUT2D eigenvalue weighted by molar-refractivity contribution is 14.1. The van der Waals surface area contributed by atoms with Gasteiger partial charge in [-0.05, 0) is 28.2 Å². The number of alkyl halides is 2. The molecule has 3 nitrogen and oxygen atoms in total. The average Bonchev–Trinajstić information content (AvgIpc) is 2.16. The molecule has 0 bridgehead atoms.